The van der Waals surface area contributed by atoms with Gasteiger partial charge in [-0.1, -0.05) is 133 Å². The maximum Gasteiger partial charge on any atom is 0.164 e. The van der Waals surface area contributed by atoms with E-state index >= 15 is 0 Å². The van der Waals surface area contributed by atoms with Crippen molar-refractivity contribution in [2.45, 2.75) is 0 Å². The van der Waals surface area contributed by atoms with Gasteiger partial charge in [0.15, 0.2) is 17.5 Å². The van der Waals surface area contributed by atoms with Crippen molar-refractivity contribution in [3.63, 3.8) is 0 Å². The Morgan fingerprint density at radius 2 is 0.863 bits per heavy atom. The summed E-state index contributed by atoms with van der Waals surface area (Å²) in [6.45, 7) is 0. The standard InChI is InChI=1S/C47H27N3S/c1-3-12-29(13-4-1)45-48-46(30-14-5-2-6-15-30)50-47(49-45)32-24-31-16-7-8-19-33(31)37(25-32)36-22-11-23-41-44(36)40-26-38-34-20-9-17-28-18-10-21-35(43(28)34)39(38)27-42(40)51-41/h1-27H. The molecule has 2 heterocycles. The Balaban J connectivity index is 1.16. The van der Waals surface area contributed by atoms with Crippen LogP contribution in [0.1, 0.15) is 0 Å². The molecule has 0 aliphatic heterocycles. The fourth-order valence-corrected chi connectivity index (χ4v) is 9.09. The number of thiophene rings is 1. The van der Waals surface area contributed by atoms with Crippen LogP contribution in [0.3, 0.4) is 0 Å². The summed E-state index contributed by atoms with van der Waals surface area (Å²) < 4.78 is 2.59. The second kappa shape index (κ2) is 11.0. The lowest BCUT2D eigenvalue weighted by Gasteiger charge is -2.13. The van der Waals surface area contributed by atoms with Gasteiger partial charge in [-0.05, 0) is 85.3 Å². The van der Waals surface area contributed by atoms with Crippen LogP contribution in [0.4, 0.5) is 0 Å². The summed E-state index contributed by atoms with van der Waals surface area (Å²) >= 11 is 1.88. The first-order chi connectivity index (χ1) is 25.3. The molecule has 236 valence electrons. The molecule has 1 aliphatic carbocycles. The van der Waals surface area contributed by atoms with Gasteiger partial charge in [-0.25, -0.2) is 15.0 Å². The quantitative estimate of drug-likeness (QED) is 0.188. The highest BCUT2D eigenvalue weighted by Crippen LogP contribution is 2.51. The molecule has 0 saturated heterocycles. The van der Waals surface area contributed by atoms with Crippen molar-refractivity contribution in [3.05, 3.63) is 164 Å². The zero-order valence-electron chi connectivity index (χ0n) is 27.3. The molecule has 0 fully saturated rings. The highest BCUT2D eigenvalue weighted by molar-refractivity contribution is 7.26. The molecule has 0 radical (unpaired) electrons. The van der Waals surface area contributed by atoms with Gasteiger partial charge in [0, 0.05) is 36.9 Å². The first kappa shape index (κ1) is 28.4. The summed E-state index contributed by atoms with van der Waals surface area (Å²) in [5, 5.41) is 7.58. The molecular formula is C47H27N3S. The molecule has 0 spiro atoms. The Morgan fingerprint density at radius 3 is 1.55 bits per heavy atom. The van der Waals surface area contributed by atoms with Crippen molar-refractivity contribution in [1.29, 1.82) is 0 Å². The summed E-state index contributed by atoms with van der Waals surface area (Å²) in [6, 6.07) is 58.5. The lowest BCUT2D eigenvalue weighted by molar-refractivity contribution is 1.07. The molecule has 0 amide bonds. The van der Waals surface area contributed by atoms with Crippen LogP contribution in [0.2, 0.25) is 0 Å². The molecule has 1 aliphatic rings. The topological polar surface area (TPSA) is 38.7 Å². The Hall–Kier alpha value is -6.49. The summed E-state index contributed by atoms with van der Waals surface area (Å²) in [7, 11) is 0. The van der Waals surface area contributed by atoms with Crippen LogP contribution in [-0.2, 0) is 0 Å². The highest BCUT2D eigenvalue weighted by atomic mass is 32.1. The minimum absolute atomic E-state index is 0.653. The molecule has 0 bridgehead atoms. The van der Waals surface area contributed by atoms with E-state index in [4.69, 9.17) is 15.0 Å². The molecule has 3 nitrogen and oxygen atoms in total. The summed E-state index contributed by atoms with van der Waals surface area (Å²) in [4.78, 5) is 15.1. The van der Waals surface area contributed by atoms with E-state index in [0.29, 0.717) is 17.5 Å². The Kier molecular flexibility index (Phi) is 6.12. The van der Waals surface area contributed by atoms with Crippen molar-refractivity contribution in [2.24, 2.45) is 0 Å². The third-order valence-electron chi connectivity index (χ3n) is 10.2. The first-order valence-corrected chi connectivity index (χ1v) is 18.0. The molecule has 0 saturated carbocycles. The third-order valence-corrected chi connectivity index (χ3v) is 11.3. The van der Waals surface area contributed by atoms with Crippen LogP contribution in [-0.4, -0.2) is 15.0 Å². The van der Waals surface area contributed by atoms with Crippen molar-refractivity contribution >= 4 is 53.1 Å². The lowest BCUT2D eigenvalue weighted by Crippen LogP contribution is -2.00. The molecular weight excluding hydrogens is 639 g/mol. The summed E-state index contributed by atoms with van der Waals surface area (Å²) in [5.41, 5.74) is 10.6. The molecule has 51 heavy (non-hydrogen) atoms. The van der Waals surface area contributed by atoms with Crippen LogP contribution in [0, 0.1) is 0 Å². The second-order valence-corrected chi connectivity index (χ2v) is 14.3. The van der Waals surface area contributed by atoms with Crippen molar-refractivity contribution in [3.8, 4) is 67.5 Å². The number of aromatic nitrogens is 3. The smallest absolute Gasteiger partial charge is 0.164 e. The van der Waals surface area contributed by atoms with Gasteiger partial charge in [-0.3, -0.25) is 0 Å². The molecule has 4 heteroatoms. The largest absolute Gasteiger partial charge is 0.208 e. The van der Waals surface area contributed by atoms with Crippen LogP contribution < -0.4 is 0 Å². The molecule has 8 aromatic carbocycles. The number of fused-ring (bicyclic) bond motifs is 7. The summed E-state index contributed by atoms with van der Waals surface area (Å²) in [5.74, 6) is 1.97. The molecule has 0 unspecified atom stereocenters. The first-order valence-electron chi connectivity index (χ1n) is 17.2. The minimum atomic E-state index is 0.653. The number of nitrogens with zero attached hydrogens (tertiary/aromatic N) is 3. The second-order valence-electron chi connectivity index (χ2n) is 13.2. The zero-order valence-corrected chi connectivity index (χ0v) is 28.2. The van der Waals surface area contributed by atoms with Gasteiger partial charge >= 0.3 is 0 Å². The SMILES string of the molecule is c1ccc(-c2nc(-c3ccccc3)nc(-c3cc(-c4cccc5sc6cc7c(cc6c45)-c4cccc5cccc-7c45)c4ccccc4c3)n2)cc1. The predicted octanol–water partition coefficient (Wildman–Crippen LogP) is 12.9. The van der Waals surface area contributed by atoms with E-state index in [-0.39, 0.29) is 0 Å². The van der Waals surface area contributed by atoms with E-state index in [2.05, 4.69) is 127 Å². The van der Waals surface area contributed by atoms with E-state index in [1.807, 2.05) is 47.7 Å². The molecule has 2 aromatic heterocycles. The Morgan fingerprint density at radius 1 is 0.314 bits per heavy atom. The lowest BCUT2D eigenvalue weighted by atomic mass is 9.92. The molecule has 11 rings (SSSR count). The van der Waals surface area contributed by atoms with Crippen molar-refractivity contribution in [1.82, 2.24) is 15.0 Å². The normalized spacial score (nSPS) is 11.9. The van der Waals surface area contributed by atoms with Crippen LogP contribution >= 0.6 is 11.3 Å². The van der Waals surface area contributed by atoms with Gasteiger partial charge < -0.3 is 0 Å². The van der Waals surface area contributed by atoms with Crippen molar-refractivity contribution in [2.75, 3.05) is 0 Å². The van der Waals surface area contributed by atoms with E-state index in [0.717, 1.165) is 22.1 Å². The van der Waals surface area contributed by atoms with Crippen LogP contribution in [0.25, 0.3) is 109 Å². The third kappa shape index (κ3) is 4.40. The van der Waals surface area contributed by atoms with Crippen LogP contribution in [0.5, 0.6) is 0 Å². The fourth-order valence-electron chi connectivity index (χ4n) is 7.93. The Bertz CT molecular complexity index is 2960. The number of hydrogen-bond acceptors (Lipinski definition) is 4. The van der Waals surface area contributed by atoms with Gasteiger partial charge in [0.25, 0.3) is 0 Å². The minimum Gasteiger partial charge on any atom is -0.208 e. The number of benzene rings is 8. The number of hydrogen-bond donors (Lipinski definition) is 0. The predicted molar refractivity (Wildman–Crippen MR) is 214 cm³/mol. The van der Waals surface area contributed by atoms with E-state index < -0.39 is 0 Å². The van der Waals surface area contributed by atoms with E-state index in [1.54, 1.807) is 0 Å². The average molecular weight is 666 g/mol. The average Bonchev–Trinajstić information content (AvgIpc) is 3.73. The zero-order chi connectivity index (χ0) is 33.5. The summed E-state index contributed by atoms with van der Waals surface area (Å²) in [6.07, 6.45) is 0. The maximum absolute atomic E-state index is 5.10. The fraction of sp³-hybridized carbons (Fsp3) is 0. The van der Waals surface area contributed by atoms with Crippen LogP contribution in [0.15, 0.2) is 164 Å². The maximum atomic E-state index is 5.10. The van der Waals surface area contributed by atoms with Gasteiger partial charge in [0.05, 0.1) is 0 Å². The van der Waals surface area contributed by atoms with Gasteiger partial charge in [-0.2, -0.15) is 0 Å². The highest BCUT2D eigenvalue weighted by Gasteiger charge is 2.24. The van der Waals surface area contributed by atoms with E-state index in [9.17, 15) is 0 Å². The van der Waals surface area contributed by atoms with Gasteiger partial charge in [0.2, 0.25) is 0 Å². The van der Waals surface area contributed by atoms with Gasteiger partial charge in [-0.15, -0.1) is 11.3 Å². The molecule has 0 atom stereocenters. The number of rotatable bonds is 4. The van der Waals surface area contributed by atoms with Gasteiger partial charge in [0.1, 0.15) is 0 Å². The van der Waals surface area contributed by atoms with Crippen molar-refractivity contribution < 1.29 is 0 Å². The Labute approximate surface area is 298 Å². The molecule has 0 N–H and O–H groups in total. The van der Waals surface area contributed by atoms with E-state index in [1.165, 1.54) is 69.7 Å². The molecule has 10 aromatic rings. The monoisotopic (exact) mass is 665 g/mol.